The molecule has 1 aliphatic heterocycles. The molecule has 0 unspecified atom stereocenters. The number of carbonyl (C=O) groups excluding carboxylic acids is 1. The van der Waals surface area contributed by atoms with E-state index < -0.39 is 64.1 Å². The van der Waals surface area contributed by atoms with Gasteiger partial charge in [0.25, 0.3) is 0 Å². The maximum atomic E-state index is 14.0. The lowest BCUT2D eigenvalue weighted by atomic mass is 9.96. The monoisotopic (exact) mass is 1160 g/mol. The highest BCUT2D eigenvalue weighted by Gasteiger charge is 2.48. The number of amides is 1. The SMILES string of the molecule is Cc1cc(C)c2cccc(OCc3c(Cl)ccc(S(=O)(=O)NC4(C(=O)N5CCN(C[C@H](N)CCCCN)CC5)CCCC4)c3Cl)c2n1.O=C(O)C(F)(F)F.O=C(O)C(F)(F)F.O=C(O)C(F)(F)F.O=C(O)C(F)(F)F. The van der Waals surface area contributed by atoms with Crippen LogP contribution in [0.4, 0.5) is 52.7 Å². The fourth-order valence-corrected chi connectivity index (χ4v) is 9.10. The number of benzene rings is 2. The van der Waals surface area contributed by atoms with E-state index in [0.29, 0.717) is 62.4 Å². The van der Waals surface area contributed by atoms with Gasteiger partial charge in [0.05, 0.1) is 5.02 Å². The van der Waals surface area contributed by atoms with Crippen LogP contribution in [0.25, 0.3) is 10.9 Å². The van der Waals surface area contributed by atoms with Gasteiger partial charge in [0.1, 0.15) is 28.3 Å². The maximum absolute atomic E-state index is 14.0. The van der Waals surface area contributed by atoms with E-state index in [1.807, 2.05) is 38.1 Å². The van der Waals surface area contributed by atoms with Gasteiger partial charge in [0.15, 0.2) is 0 Å². The highest BCUT2D eigenvalue weighted by Crippen LogP contribution is 2.37. The number of rotatable bonds is 13. The Balaban J connectivity index is 0.000000815. The van der Waals surface area contributed by atoms with Crippen LogP contribution >= 0.6 is 23.2 Å². The molecule has 2 heterocycles. The summed E-state index contributed by atoms with van der Waals surface area (Å²) < 4.78 is 164. The Morgan fingerprint density at radius 2 is 1.24 bits per heavy atom. The van der Waals surface area contributed by atoms with Gasteiger partial charge in [-0.2, -0.15) is 57.4 Å². The van der Waals surface area contributed by atoms with Gasteiger partial charge in [-0.1, -0.05) is 54.6 Å². The molecule has 2 aliphatic rings. The van der Waals surface area contributed by atoms with Crippen LogP contribution in [-0.4, -0.2) is 149 Å². The summed E-state index contributed by atoms with van der Waals surface area (Å²) in [4.78, 5) is 58.2. The van der Waals surface area contributed by atoms with Crippen molar-refractivity contribution in [1.82, 2.24) is 19.5 Å². The average molecular weight is 1160 g/mol. The Kier molecular flexibility index (Phi) is 25.8. The zero-order chi connectivity index (χ0) is 58.1. The van der Waals surface area contributed by atoms with Crippen LogP contribution in [0, 0.1) is 13.8 Å². The number of alkyl halides is 12. The summed E-state index contributed by atoms with van der Waals surface area (Å²) >= 11 is 13.3. The van der Waals surface area contributed by atoms with Gasteiger partial charge < -0.3 is 41.5 Å². The molecule has 1 saturated carbocycles. The molecule has 1 atom stereocenters. The zero-order valence-corrected chi connectivity index (χ0v) is 41.5. The highest BCUT2D eigenvalue weighted by molar-refractivity contribution is 7.89. The number of aryl methyl sites for hydroxylation is 2. The summed E-state index contributed by atoms with van der Waals surface area (Å²) in [5, 5.41) is 29.7. The summed E-state index contributed by atoms with van der Waals surface area (Å²) in [6, 6.07) is 10.6. The van der Waals surface area contributed by atoms with Gasteiger partial charge >= 0.3 is 48.6 Å². The smallest absolute Gasteiger partial charge is 0.487 e. The van der Waals surface area contributed by atoms with Gasteiger partial charge in [-0.15, -0.1) is 0 Å². The number of para-hydroxylation sites is 1. The molecule has 18 nitrogen and oxygen atoms in total. The molecule has 0 bridgehead atoms. The van der Waals surface area contributed by atoms with Crippen molar-refractivity contribution in [3.05, 3.63) is 63.3 Å². The summed E-state index contributed by atoms with van der Waals surface area (Å²) in [7, 11) is -4.21. The number of hydrogen-bond donors (Lipinski definition) is 7. The lowest BCUT2D eigenvalue weighted by Crippen LogP contribution is -2.61. The van der Waals surface area contributed by atoms with Crippen LogP contribution in [0.3, 0.4) is 0 Å². The van der Waals surface area contributed by atoms with Crippen molar-refractivity contribution in [2.24, 2.45) is 11.5 Å². The number of fused-ring (bicyclic) bond motifs is 1. The number of carboxylic acid groups (broad SMARTS) is 4. The molecule has 0 spiro atoms. The second-order valence-corrected chi connectivity index (χ2v) is 18.5. The Hall–Kier alpha value is -5.47. The molecule has 0 radical (unpaired) electrons. The van der Waals surface area contributed by atoms with E-state index >= 15 is 0 Å². The molecule has 2 aromatic carbocycles. The molecule has 1 aromatic heterocycles. The number of carbonyl (C=O) groups is 5. The molecular weight excluding hydrogens is 1110 g/mol. The Bertz CT molecular complexity index is 2450. The van der Waals surface area contributed by atoms with Crippen LogP contribution < -0.4 is 20.9 Å². The number of nitrogens with two attached hydrogens (primary N) is 2. The summed E-state index contributed by atoms with van der Waals surface area (Å²) in [6.07, 6.45) is -15.1. The molecule has 1 saturated heterocycles. The number of hydrogen-bond acceptors (Lipinski definition) is 12. The van der Waals surface area contributed by atoms with Crippen LogP contribution in [0.5, 0.6) is 5.75 Å². The number of piperazine rings is 1. The lowest BCUT2D eigenvalue weighted by molar-refractivity contribution is -0.193. The van der Waals surface area contributed by atoms with Gasteiger partial charge in [-0.05, 0) is 75.9 Å². The second kappa shape index (κ2) is 28.6. The Morgan fingerprint density at radius 1 is 0.773 bits per heavy atom. The van der Waals surface area contributed by atoms with E-state index in [0.717, 1.165) is 55.3 Å². The minimum absolute atomic E-state index is 0.0393. The molecular formula is C42H50Cl2F12N6O12S. The Morgan fingerprint density at radius 3 is 1.68 bits per heavy atom. The average Bonchev–Trinajstić information content (AvgIpc) is 3.74. The van der Waals surface area contributed by atoms with Crippen molar-refractivity contribution < 1.29 is 110 Å². The van der Waals surface area contributed by atoms with Crippen molar-refractivity contribution >= 4 is 73.9 Å². The number of carboxylic acids is 4. The molecule has 9 N–H and O–H groups in total. The molecule has 33 heteroatoms. The summed E-state index contributed by atoms with van der Waals surface area (Å²) in [5.41, 5.74) is 13.7. The fourth-order valence-electron chi connectivity index (χ4n) is 6.80. The first-order valence-electron chi connectivity index (χ1n) is 21.4. The molecule has 75 heavy (non-hydrogen) atoms. The van der Waals surface area contributed by atoms with E-state index in [9.17, 15) is 65.9 Å². The number of aliphatic carboxylic acids is 4. The van der Waals surface area contributed by atoms with Gasteiger partial charge in [0.2, 0.25) is 15.9 Å². The number of ether oxygens (including phenoxy) is 1. The van der Waals surface area contributed by atoms with Gasteiger partial charge in [-0.3, -0.25) is 9.69 Å². The van der Waals surface area contributed by atoms with Crippen LogP contribution in [0.1, 0.15) is 61.8 Å². The lowest BCUT2D eigenvalue weighted by Gasteiger charge is -2.40. The predicted molar refractivity (Wildman–Crippen MR) is 242 cm³/mol. The van der Waals surface area contributed by atoms with Gasteiger partial charge in [0, 0.05) is 60.4 Å². The first kappa shape index (κ1) is 67.5. The van der Waals surface area contributed by atoms with E-state index in [1.54, 1.807) is 4.90 Å². The topological polar surface area (TPSA) is 293 Å². The number of pyridine rings is 1. The molecule has 424 valence electrons. The van der Waals surface area contributed by atoms with E-state index in [2.05, 4.69) is 14.6 Å². The summed E-state index contributed by atoms with van der Waals surface area (Å²) in [5.74, 6) is -10.7. The molecule has 1 aliphatic carbocycles. The second-order valence-electron chi connectivity index (χ2n) is 16.1. The highest BCUT2D eigenvalue weighted by atomic mass is 35.5. The van der Waals surface area contributed by atoms with Crippen LogP contribution in [-0.2, 0) is 40.6 Å². The van der Waals surface area contributed by atoms with E-state index in [-0.39, 0.29) is 33.5 Å². The van der Waals surface area contributed by atoms with E-state index in [1.165, 1.54) is 12.1 Å². The van der Waals surface area contributed by atoms with Gasteiger partial charge in [-0.25, -0.2) is 32.6 Å². The van der Waals surface area contributed by atoms with E-state index in [4.69, 9.17) is 79.0 Å². The third-order valence-corrected chi connectivity index (χ3v) is 12.8. The number of sulfonamides is 1. The minimum Gasteiger partial charge on any atom is -0.487 e. The Labute approximate surface area is 428 Å². The number of aromatic nitrogens is 1. The third kappa shape index (κ3) is 22.3. The quantitative estimate of drug-likeness (QED) is 0.0645. The molecule has 1 amide bonds. The van der Waals surface area contributed by atoms with Crippen molar-refractivity contribution in [1.29, 1.82) is 0 Å². The van der Waals surface area contributed by atoms with Crippen molar-refractivity contribution in [3.63, 3.8) is 0 Å². The maximum Gasteiger partial charge on any atom is 0.490 e. The first-order valence-corrected chi connectivity index (χ1v) is 23.6. The number of nitrogens with one attached hydrogen (secondary N) is 1. The van der Waals surface area contributed by atoms with Crippen LogP contribution in [0.15, 0.2) is 41.3 Å². The third-order valence-electron chi connectivity index (χ3n) is 10.3. The normalized spacial score (nSPS) is 15.3. The number of unbranched alkanes of at least 4 members (excludes halogenated alkanes) is 1. The predicted octanol–water partition coefficient (Wildman–Crippen LogP) is 7.46. The molecule has 2 fully saturated rings. The summed E-state index contributed by atoms with van der Waals surface area (Å²) in [6.45, 7) is 7.72. The largest absolute Gasteiger partial charge is 0.490 e. The molecule has 5 rings (SSSR count). The first-order chi connectivity index (χ1) is 34.2. The zero-order valence-electron chi connectivity index (χ0n) is 39.2. The standard InChI is InChI=1S/C34H46Cl2N6O4S.4C2HF3O2/c1-23-20-24(2)39-32-26(23)9-7-10-29(32)46-22-27-28(35)11-12-30(31(27)36)47(44,45)40-34(13-4-5-14-34)33(43)42-18-16-41(17-19-42)21-25(38)8-3-6-15-37;4*3-2(4,5)1(6)7/h7,9-12,20,25,40H,3-6,8,13-19,21-22,37-38H2,1-2H3;4*(H,6,7)/t25-;;;;/m1..../s1. The van der Waals surface area contributed by atoms with Crippen molar-refractivity contribution in [3.8, 4) is 5.75 Å². The minimum atomic E-state index is -5.08. The molecule has 3 aromatic rings. The van der Waals surface area contributed by atoms with Crippen LogP contribution in [0.2, 0.25) is 10.0 Å². The number of nitrogens with zero attached hydrogens (tertiary/aromatic N) is 3. The number of halogens is 14. The van der Waals surface area contributed by atoms with Crippen molar-refractivity contribution in [2.45, 2.75) is 107 Å². The van der Waals surface area contributed by atoms with Crippen molar-refractivity contribution in [2.75, 3.05) is 39.3 Å². The fraction of sp³-hybridized carbons (Fsp3) is 0.524.